The third-order valence-corrected chi connectivity index (χ3v) is 3.81. The molecule has 1 heterocycles. The average Bonchev–Trinajstić information content (AvgIpc) is 2.55. The predicted molar refractivity (Wildman–Crippen MR) is 79.3 cm³/mol. The Balaban J connectivity index is 2.01. The molecule has 3 unspecified atom stereocenters. The molecule has 1 amide bonds. The number of benzene rings is 1. The van der Waals surface area contributed by atoms with E-state index < -0.39 is 12.1 Å². The molecule has 22 heavy (non-hydrogen) atoms. The van der Waals surface area contributed by atoms with Crippen LogP contribution >= 0.6 is 0 Å². The van der Waals surface area contributed by atoms with E-state index in [-0.39, 0.29) is 24.5 Å². The van der Waals surface area contributed by atoms with Crippen molar-refractivity contribution in [1.29, 1.82) is 0 Å². The molecule has 0 aromatic heterocycles. The molecular formula is C16H21NO5. The molecule has 0 spiro atoms. The van der Waals surface area contributed by atoms with E-state index in [1.54, 1.807) is 0 Å². The Morgan fingerprint density at radius 3 is 2.77 bits per heavy atom. The molecule has 1 aromatic rings. The van der Waals surface area contributed by atoms with Gasteiger partial charge in [-0.25, -0.2) is 4.79 Å². The van der Waals surface area contributed by atoms with E-state index in [0.29, 0.717) is 6.61 Å². The van der Waals surface area contributed by atoms with Gasteiger partial charge in [0.1, 0.15) is 0 Å². The van der Waals surface area contributed by atoms with Crippen molar-refractivity contribution in [2.75, 3.05) is 20.3 Å². The molecule has 6 heteroatoms. The third kappa shape index (κ3) is 4.05. The number of methoxy groups -OCH3 is 1. The van der Waals surface area contributed by atoms with Crippen LogP contribution in [0.5, 0.6) is 0 Å². The number of carboxylic acids is 1. The fourth-order valence-corrected chi connectivity index (χ4v) is 2.62. The van der Waals surface area contributed by atoms with Crippen molar-refractivity contribution in [2.24, 2.45) is 5.92 Å². The summed E-state index contributed by atoms with van der Waals surface area (Å²) in [6.45, 7) is 0.571. The number of carbonyl (C=O) groups is 2. The van der Waals surface area contributed by atoms with Crippen molar-refractivity contribution in [1.82, 2.24) is 5.32 Å². The lowest BCUT2D eigenvalue weighted by molar-refractivity contribution is -0.148. The van der Waals surface area contributed by atoms with Gasteiger partial charge in [-0.15, -0.1) is 0 Å². The first-order valence-electron chi connectivity index (χ1n) is 7.33. The Hall–Kier alpha value is -1.92. The smallest absolute Gasteiger partial charge is 0.334 e. The van der Waals surface area contributed by atoms with E-state index in [4.69, 9.17) is 14.6 Å². The topological polar surface area (TPSA) is 84.9 Å². The minimum Gasteiger partial charge on any atom is -0.479 e. The second-order valence-corrected chi connectivity index (χ2v) is 5.26. The van der Waals surface area contributed by atoms with Crippen molar-refractivity contribution in [3.63, 3.8) is 0 Å². The number of carboxylic acid groups (broad SMARTS) is 1. The summed E-state index contributed by atoms with van der Waals surface area (Å²) in [5.74, 6) is -1.61. The first-order valence-corrected chi connectivity index (χ1v) is 7.33. The van der Waals surface area contributed by atoms with Crippen LogP contribution in [0.1, 0.15) is 24.5 Å². The molecule has 120 valence electrons. The second-order valence-electron chi connectivity index (χ2n) is 5.26. The van der Waals surface area contributed by atoms with Gasteiger partial charge in [0, 0.05) is 13.7 Å². The molecule has 0 saturated carbocycles. The van der Waals surface area contributed by atoms with Gasteiger partial charge in [0.2, 0.25) is 5.91 Å². The number of nitrogens with one attached hydrogen (secondary N) is 1. The summed E-state index contributed by atoms with van der Waals surface area (Å²) >= 11 is 0. The van der Waals surface area contributed by atoms with Gasteiger partial charge < -0.3 is 19.9 Å². The van der Waals surface area contributed by atoms with Crippen molar-refractivity contribution in [2.45, 2.75) is 25.0 Å². The molecule has 1 saturated heterocycles. The maximum Gasteiger partial charge on any atom is 0.334 e. The molecule has 0 radical (unpaired) electrons. The minimum atomic E-state index is -1.10. The fraction of sp³-hybridized carbons (Fsp3) is 0.500. The summed E-state index contributed by atoms with van der Waals surface area (Å²) in [5, 5.41) is 11.6. The van der Waals surface area contributed by atoms with Crippen LogP contribution in [0.25, 0.3) is 0 Å². The van der Waals surface area contributed by atoms with Crippen molar-refractivity contribution in [3.05, 3.63) is 35.9 Å². The summed E-state index contributed by atoms with van der Waals surface area (Å²) in [6, 6.07) is 9.61. The predicted octanol–water partition coefficient (Wildman–Crippen LogP) is 1.37. The molecule has 1 aliphatic heterocycles. The second kappa shape index (κ2) is 7.91. The Morgan fingerprint density at radius 1 is 1.41 bits per heavy atom. The normalized spacial score (nSPS) is 22.8. The molecule has 6 nitrogen and oxygen atoms in total. The summed E-state index contributed by atoms with van der Waals surface area (Å²) < 4.78 is 10.6. The highest BCUT2D eigenvalue weighted by molar-refractivity contribution is 5.81. The van der Waals surface area contributed by atoms with Gasteiger partial charge in [-0.2, -0.15) is 0 Å². The van der Waals surface area contributed by atoms with E-state index in [2.05, 4.69) is 5.32 Å². The first kappa shape index (κ1) is 16.5. The number of ether oxygens (including phenoxy) is 2. The van der Waals surface area contributed by atoms with Crippen molar-refractivity contribution < 1.29 is 24.2 Å². The minimum absolute atomic E-state index is 0.0529. The van der Waals surface area contributed by atoms with Crippen LogP contribution in [-0.4, -0.2) is 43.3 Å². The van der Waals surface area contributed by atoms with Crippen LogP contribution in [0.3, 0.4) is 0 Å². The van der Waals surface area contributed by atoms with Gasteiger partial charge in [-0.3, -0.25) is 4.79 Å². The van der Waals surface area contributed by atoms with Gasteiger partial charge in [0.15, 0.2) is 6.10 Å². The van der Waals surface area contributed by atoms with Gasteiger partial charge in [-0.1, -0.05) is 30.3 Å². The number of aliphatic carboxylic acids is 1. The number of amides is 1. The van der Waals surface area contributed by atoms with Crippen LogP contribution in [-0.2, 0) is 19.1 Å². The number of hydrogen-bond acceptors (Lipinski definition) is 4. The Labute approximate surface area is 129 Å². The quantitative estimate of drug-likeness (QED) is 0.829. The van der Waals surface area contributed by atoms with E-state index >= 15 is 0 Å². The number of hydrogen-bond donors (Lipinski definition) is 2. The van der Waals surface area contributed by atoms with Crippen LogP contribution in [0.4, 0.5) is 0 Å². The highest BCUT2D eigenvalue weighted by Crippen LogP contribution is 2.33. The molecular weight excluding hydrogens is 286 g/mol. The standard InChI is InChI=1S/C16H21NO5/c1-21-13(16(19)20)10-17-15(18)12-8-5-9-22-14(12)11-6-3-2-4-7-11/h2-4,6-7,12-14H,5,8-10H2,1H3,(H,17,18)(H,19,20). The van der Waals surface area contributed by atoms with Crippen LogP contribution in [0.2, 0.25) is 0 Å². The Bertz CT molecular complexity index is 505. The molecule has 1 aromatic carbocycles. The summed E-state index contributed by atoms with van der Waals surface area (Å²) in [7, 11) is 1.31. The number of rotatable bonds is 6. The molecule has 0 bridgehead atoms. The van der Waals surface area contributed by atoms with Gasteiger partial charge in [0.25, 0.3) is 0 Å². The maximum absolute atomic E-state index is 12.4. The van der Waals surface area contributed by atoms with Crippen LogP contribution in [0, 0.1) is 5.92 Å². The van der Waals surface area contributed by atoms with E-state index in [1.165, 1.54) is 7.11 Å². The van der Waals surface area contributed by atoms with E-state index in [0.717, 1.165) is 18.4 Å². The van der Waals surface area contributed by atoms with Gasteiger partial charge >= 0.3 is 5.97 Å². The average molecular weight is 307 g/mol. The van der Waals surface area contributed by atoms with Gasteiger partial charge in [0.05, 0.1) is 18.6 Å². The van der Waals surface area contributed by atoms with Crippen molar-refractivity contribution in [3.8, 4) is 0 Å². The first-order chi connectivity index (χ1) is 10.6. The number of carbonyl (C=O) groups excluding carboxylic acids is 1. The van der Waals surface area contributed by atoms with E-state index in [1.807, 2.05) is 30.3 Å². The largest absolute Gasteiger partial charge is 0.479 e. The highest BCUT2D eigenvalue weighted by Gasteiger charge is 2.33. The molecule has 2 N–H and O–H groups in total. The summed E-state index contributed by atoms with van der Waals surface area (Å²) in [5.41, 5.74) is 0.962. The van der Waals surface area contributed by atoms with Crippen LogP contribution in [0.15, 0.2) is 30.3 Å². The zero-order valence-corrected chi connectivity index (χ0v) is 12.5. The van der Waals surface area contributed by atoms with Crippen LogP contribution < -0.4 is 5.32 Å². The molecule has 1 fully saturated rings. The maximum atomic E-state index is 12.4. The van der Waals surface area contributed by atoms with Crippen molar-refractivity contribution >= 4 is 11.9 Å². The fourth-order valence-electron chi connectivity index (χ4n) is 2.62. The van der Waals surface area contributed by atoms with E-state index in [9.17, 15) is 9.59 Å². The molecule has 1 aliphatic rings. The molecule has 0 aliphatic carbocycles. The Morgan fingerprint density at radius 2 is 2.14 bits per heavy atom. The summed E-state index contributed by atoms with van der Waals surface area (Å²) in [4.78, 5) is 23.3. The zero-order valence-electron chi connectivity index (χ0n) is 12.5. The highest BCUT2D eigenvalue weighted by atomic mass is 16.5. The molecule has 3 atom stereocenters. The SMILES string of the molecule is COC(CNC(=O)C1CCCOC1c1ccccc1)C(=O)O. The summed E-state index contributed by atoms with van der Waals surface area (Å²) in [6.07, 6.45) is 0.203. The third-order valence-electron chi connectivity index (χ3n) is 3.81. The zero-order chi connectivity index (χ0) is 15.9. The molecule has 2 rings (SSSR count). The monoisotopic (exact) mass is 307 g/mol. The lowest BCUT2D eigenvalue weighted by Crippen LogP contribution is -2.43. The Kier molecular flexibility index (Phi) is 5.91. The lowest BCUT2D eigenvalue weighted by atomic mass is 9.88. The van der Waals surface area contributed by atoms with Gasteiger partial charge in [-0.05, 0) is 18.4 Å². The lowest BCUT2D eigenvalue weighted by Gasteiger charge is -2.31.